The molecule has 0 atom stereocenters. The van der Waals surface area contributed by atoms with Gasteiger partial charge >= 0.3 is 0 Å². The molecule has 7 heteroatoms. The monoisotopic (exact) mass is 474 g/mol. The Bertz CT molecular complexity index is 1410. The Morgan fingerprint density at radius 3 is 2.48 bits per heavy atom. The summed E-state index contributed by atoms with van der Waals surface area (Å²) in [6.45, 7) is 0. The van der Waals surface area contributed by atoms with Crippen LogP contribution in [0.5, 0.6) is 0 Å². The van der Waals surface area contributed by atoms with Crippen molar-refractivity contribution >= 4 is 44.4 Å². The molecule has 0 aliphatic carbocycles. The summed E-state index contributed by atoms with van der Waals surface area (Å²) in [4.78, 5) is 39.3. The minimum atomic E-state index is -0.601. The van der Waals surface area contributed by atoms with Crippen molar-refractivity contribution in [2.75, 3.05) is 0 Å². The molecule has 0 fully saturated rings. The predicted molar refractivity (Wildman–Crippen MR) is 124 cm³/mol. The molecule has 152 valence electrons. The van der Waals surface area contributed by atoms with Gasteiger partial charge in [0.2, 0.25) is 0 Å². The quantitative estimate of drug-likeness (QED) is 0.172. The minimum absolute atomic E-state index is 0.0150. The molecule has 0 spiro atoms. The van der Waals surface area contributed by atoms with Crippen molar-refractivity contribution in [2.45, 2.75) is 0 Å². The molecule has 4 rings (SSSR count). The Morgan fingerprint density at radius 2 is 1.77 bits per heavy atom. The zero-order chi connectivity index (χ0) is 22.0. The summed E-state index contributed by atoms with van der Waals surface area (Å²) < 4.78 is 0.872. The van der Waals surface area contributed by atoms with Crippen molar-refractivity contribution in [3.63, 3.8) is 0 Å². The summed E-state index contributed by atoms with van der Waals surface area (Å²) in [5.74, 6) is -0.458. The number of carbonyl (C=O) groups is 1. The Kier molecular flexibility index (Phi) is 5.60. The first-order chi connectivity index (χ1) is 14.9. The molecular weight excluding hydrogens is 460 g/mol. The number of carbonyl (C=O) groups excluding carboxylic acids is 1. The zero-order valence-electron chi connectivity index (χ0n) is 16.0. The second kappa shape index (κ2) is 8.49. The first-order valence-corrected chi connectivity index (χ1v) is 10.1. The van der Waals surface area contributed by atoms with Gasteiger partial charge in [-0.1, -0.05) is 64.5 Å². The fraction of sp³-hybridized carbons (Fsp3) is 0. The number of halogens is 1. The van der Waals surface area contributed by atoms with E-state index in [0.717, 1.165) is 10.0 Å². The van der Waals surface area contributed by atoms with E-state index >= 15 is 0 Å². The van der Waals surface area contributed by atoms with Crippen molar-refractivity contribution in [2.24, 2.45) is 0 Å². The van der Waals surface area contributed by atoms with Crippen LogP contribution in [0.2, 0.25) is 0 Å². The molecule has 0 bridgehead atoms. The number of hydrogen-bond acceptors (Lipinski definition) is 4. The molecule has 0 radical (unpaired) electrons. The van der Waals surface area contributed by atoms with Gasteiger partial charge in [0.1, 0.15) is 0 Å². The molecule has 0 amide bonds. The lowest BCUT2D eigenvalue weighted by Crippen LogP contribution is -2.18. The highest BCUT2D eigenvalue weighted by Crippen LogP contribution is 2.31. The van der Waals surface area contributed by atoms with Crippen LogP contribution in [0, 0.1) is 10.1 Å². The standard InChI is InChI=1S/C24H15BrN2O4/c25-17-8-4-5-15(13-17)9-12-21(28)23-22(16-6-2-1-3-7-16)19-11-10-18(27(30)31)14-20(19)26-24(23)29/h1-14H,(H,26,29)/b12-9-. The Morgan fingerprint density at radius 1 is 1.00 bits per heavy atom. The molecule has 1 heterocycles. The van der Waals surface area contributed by atoms with Crippen LogP contribution in [0.3, 0.4) is 0 Å². The number of aromatic amines is 1. The van der Waals surface area contributed by atoms with Gasteiger partial charge in [0.25, 0.3) is 11.2 Å². The second-order valence-corrected chi connectivity index (χ2v) is 7.73. The minimum Gasteiger partial charge on any atom is -0.321 e. The highest BCUT2D eigenvalue weighted by molar-refractivity contribution is 9.10. The number of aromatic nitrogens is 1. The largest absolute Gasteiger partial charge is 0.321 e. The van der Waals surface area contributed by atoms with E-state index in [1.165, 1.54) is 18.2 Å². The molecule has 0 aliphatic rings. The maximum Gasteiger partial charge on any atom is 0.271 e. The third kappa shape index (κ3) is 4.22. The van der Waals surface area contributed by atoms with Crippen LogP contribution < -0.4 is 5.56 Å². The Labute approximate surface area is 185 Å². The van der Waals surface area contributed by atoms with Gasteiger partial charge in [-0.25, -0.2) is 0 Å². The van der Waals surface area contributed by atoms with Gasteiger partial charge in [-0.2, -0.15) is 0 Å². The van der Waals surface area contributed by atoms with Gasteiger partial charge in [-0.05, 0) is 35.4 Å². The topological polar surface area (TPSA) is 93.1 Å². The summed E-state index contributed by atoms with van der Waals surface area (Å²) in [5.41, 5.74) is 1.46. The highest BCUT2D eigenvalue weighted by atomic mass is 79.9. The van der Waals surface area contributed by atoms with Crippen LogP contribution in [-0.2, 0) is 0 Å². The average molecular weight is 475 g/mol. The van der Waals surface area contributed by atoms with Crippen LogP contribution in [0.15, 0.2) is 88.1 Å². The second-order valence-electron chi connectivity index (χ2n) is 6.81. The lowest BCUT2D eigenvalue weighted by molar-refractivity contribution is -0.384. The van der Waals surface area contributed by atoms with E-state index in [1.54, 1.807) is 36.4 Å². The lowest BCUT2D eigenvalue weighted by Gasteiger charge is -2.11. The maximum absolute atomic E-state index is 13.1. The molecule has 0 saturated heterocycles. The fourth-order valence-corrected chi connectivity index (χ4v) is 3.82. The number of ketones is 1. The first kappa shape index (κ1) is 20.4. The molecule has 1 N–H and O–H groups in total. The van der Waals surface area contributed by atoms with Crippen molar-refractivity contribution in [3.05, 3.63) is 115 Å². The number of H-pyrrole nitrogens is 1. The van der Waals surface area contributed by atoms with Crippen LogP contribution in [0.4, 0.5) is 5.69 Å². The predicted octanol–water partition coefficient (Wildman–Crippen LogP) is 5.76. The number of hydrogen-bond donors (Lipinski definition) is 1. The summed E-state index contributed by atoms with van der Waals surface area (Å²) in [6.07, 6.45) is 3.00. The van der Waals surface area contributed by atoms with E-state index < -0.39 is 16.3 Å². The number of benzene rings is 3. The third-order valence-electron chi connectivity index (χ3n) is 4.79. The van der Waals surface area contributed by atoms with Gasteiger partial charge in [-0.3, -0.25) is 19.7 Å². The molecule has 4 aromatic rings. The number of nitrogens with zero attached hydrogens (tertiary/aromatic N) is 1. The maximum atomic E-state index is 13.1. The zero-order valence-corrected chi connectivity index (χ0v) is 17.6. The van der Waals surface area contributed by atoms with E-state index in [2.05, 4.69) is 20.9 Å². The summed E-state index contributed by atoms with van der Waals surface area (Å²) in [6, 6.07) is 20.7. The highest BCUT2D eigenvalue weighted by Gasteiger charge is 2.20. The number of non-ortho nitro benzene ring substituents is 1. The van der Waals surface area contributed by atoms with Crippen LogP contribution >= 0.6 is 15.9 Å². The van der Waals surface area contributed by atoms with E-state index in [-0.39, 0.29) is 11.3 Å². The number of fused-ring (bicyclic) bond motifs is 1. The molecule has 0 aliphatic heterocycles. The summed E-state index contributed by atoms with van der Waals surface area (Å²) >= 11 is 3.39. The van der Waals surface area contributed by atoms with Gasteiger partial charge in [0.05, 0.1) is 16.0 Å². The molecule has 1 aromatic heterocycles. The van der Waals surface area contributed by atoms with Crippen molar-refractivity contribution < 1.29 is 9.72 Å². The molecule has 31 heavy (non-hydrogen) atoms. The van der Waals surface area contributed by atoms with E-state index in [4.69, 9.17) is 0 Å². The number of nitrogens with one attached hydrogen (secondary N) is 1. The number of pyridine rings is 1. The number of nitro benzene ring substituents is 1. The fourth-order valence-electron chi connectivity index (χ4n) is 3.41. The molecular formula is C24H15BrN2O4. The third-order valence-corrected chi connectivity index (χ3v) is 5.29. The normalized spacial score (nSPS) is 11.1. The van der Waals surface area contributed by atoms with Crippen molar-refractivity contribution in [1.29, 1.82) is 0 Å². The SMILES string of the molecule is O=C(/C=C\c1cccc(Br)c1)c1c(-c2ccccc2)c2ccc([N+](=O)[O-])cc2[nH]c1=O. The van der Waals surface area contributed by atoms with Gasteiger partial charge < -0.3 is 4.98 Å². The van der Waals surface area contributed by atoms with Gasteiger partial charge in [-0.15, -0.1) is 0 Å². The Hall–Kier alpha value is -3.84. The Balaban J connectivity index is 1.92. The van der Waals surface area contributed by atoms with Gasteiger partial charge in [0, 0.05) is 27.6 Å². The summed E-state index contributed by atoms with van der Waals surface area (Å²) in [7, 11) is 0. The molecule has 3 aromatic carbocycles. The summed E-state index contributed by atoms with van der Waals surface area (Å²) in [5, 5.41) is 11.7. The smallest absolute Gasteiger partial charge is 0.271 e. The van der Waals surface area contributed by atoms with E-state index in [1.807, 2.05) is 30.3 Å². The van der Waals surface area contributed by atoms with Crippen molar-refractivity contribution in [3.8, 4) is 11.1 Å². The first-order valence-electron chi connectivity index (χ1n) is 9.32. The van der Waals surface area contributed by atoms with E-state index in [9.17, 15) is 19.7 Å². The molecule has 0 saturated carbocycles. The number of allylic oxidation sites excluding steroid dienone is 1. The van der Waals surface area contributed by atoms with Crippen LogP contribution in [0.1, 0.15) is 15.9 Å². The number of rotatable bonds is 5. The molecule has 0 unspecified atom stereocenters. The van der Waals surface area contributed by atoms with Crippen LogP contribution in [-0.4, -0.2) is 15.7 Å². The van der Waals surface area contributed by atoms with Gasteiger partial charge in [0.15, 0.2) is 5.78 Å². The van der Waals surface area contributed by atoms with Crippen molar-refractivity contribution in [1.82, 2.24) is 4.98 Å². The number of nitro groups is 1. The molecule has 6 nitrogen and oxygen atoms in total. The van der Waals surface area contributed by atoms with Crippen LogP contribution in [0.25, 0.3) is 28.1 Å². The average Bonchev–Trinajstić information content (AvgIpc) is 2.76. The van der Waals surface area contributed by atoms with E-state index in [0.29, 0.717) is 22.0 Å². The lowest BCUT2D eigenvalue weighted by atomic mass is 9.93.